The Balaban J connectivity index is 2.30. The number of ether oxygens (including phenoxy) is 1. The first-order valence-electron chi connectivity index (χ1n) is 6.65. The average molecular weight is 284 g/mol. The topological polar surface area (TPSA) is 83.7 Å². The van der Waals surface area contributed by atoms with Crippen LogP contribution in [-0.4, -0.2) is 36.4 Å². The third-order valence-electron chi connectivity index (χ3n) is 3.06. The lowest BCUT2D eigenvalue weighted by Gasteiger charge is -2.27. The molecule has 2 amide bonds. The van der Waals surface area contributed by atoms with Gasteiger partial charge in [-0.2, -0.15) is 0 Å². The summed E-state index contributed by atoms with van der Waals surface area (Å²) in [6.07, 6.45) is 1.33. The number of carbonyl (C=O) groups excluding carboxylic acids is 1. The maximum atomic E-state index is 11.7. The minimum atomic E-state index is -0.846. The SMILES string of the molecule is COC(C)(C)CC(C)NC(=O)NCC(O)c1ccco1. The average Bonchev–Trinajstić information content (AvgIpc) is 2.89. The van der Waals surface area contributed by atoms with Crippen LogP contribution in [0.1, 0.15) is 39.1 Å². The van der Waals surface area contributed by atoms with Crippen LogP contribution < -0.4 is 10.6 Å². The molecule has 0 radical (unpaired) electrons. The standard InChI is InChI=1S/C14H24N2O4/c1-10(8-14(2,3)19-4)16-13(18)15-9-11(17)12-6-5-7-20-12/h5-7,10-11,17H,8-9H2,1-4H3,(H2,15,16,18). The maximum absolute atomic E-state index is 11.7. The molecule has 114 valence electrons. The number of urea groups is 1. The highest BCUT2D eigenvalue weighted by molar-refractivity contribution is 5.74. The second kappa shape index (κ2) is 7.31. The summed E-state index contributed by atoms with van der Waals surface area (Å²) in [7, 11) is 1.65. The summed E-state index contributed by atoms with van der Waals surface area (Å²) in [5.74, 6) is 0.430. The lowest BCUT2D eigenvalue weighted by molar-refractivity contribution is 0.00946. The zero-order chi connectivity index (χ0) is 15.2. The molecule has 0 fully saturated rings. The van der Waals surface area contributed by atoms with Crippen molar-refractivity contribution >= 4 is 6.03 Å². The monoisotopic (exact) mass is 284 g/mol. The van der Waals surface area contributed by atoms with Crippen LogP contribution in [0.25, 0.3) is 0 Å². The van der Waals surface area contributed by atoms with Gasteiger partial charge >= 0.3 is 6.03 Å². The summed E-state index contributed by atoms with van der Waals surface area (Å²) in [6.45, 7) is 5.93. The summed E-state index contributed by atoms with van der Waals surface area (Å²) in [5.41, 5.74) is -0.291. The van der Waals surface area contributed by atoms with Crippen molar-refractivity contribution in [1.29, 1.82) is 0 Å². The number of aliphatic hydroxyl groups is 1. The molecule has 0 bridgehead atoms. The van der Waals surface area contributed by atoms with E-state index in [1.807, 2.05) is 20.8 Å². The molecule has 2 atom stereocenters. The second-order valence-corrected chi connectivity index (χ2v) is 5.45. The van der Waals surface area contributed by atoms with Gasteiger partial charge in [0.15, 0.2) is 0 Å². The molecule has 6 nitrogen and oxygen atoms in total. The van der Waals surface area contributed by atoms with Crippen LogP contribution in [0, 0.1) is 0 Å². The van der Waals surface area contributed by atoms with E-state index in [0.717, 1.165) is 0 Å². The van der Waals surface area contributed by atoms with E-state index in [0.29, 0.717) is 12.2 Å². The fraction of sp³-hybridized carbons (Fsp3) is 0.643. The number of hydrogen-bond acceptors (Lipinski definition) is 4. The third-order valence-corrected chi connectivity index (χ3v) is 3.06. The Labute approximate surface area is 119 Å². The van der Waals surface area contributed by atoms with Crippen LogP contribution >= 0.6 is 0 Å². The molecular weight excluding hydrogens is 260 g/mol. The Kier molecular flexibility index (Phi) is 6.04. The van der Waals surface area contributed by atoms with Crippen molar-refractivity contribution in [2.24, 2.45) is 0 Å². The van der Waals surface area contributed by atoms with Crippen molar-refractivity contribution in [2.75, 3.05) is 13.7 Å². The summed E-state index contributed by atoms with van der Waals surface area (Å²) in [6, 6.07) is 2.99. The normalized spacial score (nSPS) is 14.7. The highest BCUT2D eigenvalue weighted by atomic mass is 16.5. The molecule has 1 rings (SSSR count). The summed E-state index contributed by atoms with van der Waals surface area (Å²) in [5, 5.41) is 15.2. The van der Waals surface area contributed by atoms with Crippen LogP contribution in [-0.2, 0) is 4.74 Å². The molecule has 0 saturated heterocycles. The van der Waals surface area contributed by atoms with Gasteiger partial charge in [-0.25, -0.2) is 4.79 Å². The Morgan fingerprint density at radius 1 is 1.55 bits per heavy atom. The maximum Gasteiger partial charge on any atom is 0.315 e. The number of carbonyl (C=O) groups is 1. The smallest absolute Gasteiger partial charge is 0.315 e. The minimum Gasteiger partial charge on any atom is -0.467 e. The first-order valence-corrected chi connectivity index (χ1v) is 6.65. The molecule has 20 heavy (non-hydrogen) atoms. The molecule has 0 aliphatic rings. The van der Waals surface area contributed by atoms with E-state index < -0.39 is 6.10 Å². The summed E-state index contributed by atoms with van der Waals surface area (Å²) in [4.78, 5) is 11.7. The van der Waals surface area contributed by atoms with E-state index in [1.54, 1.807) is 19.2 Å². The van der Waals surface area contributed by atoms with E-state index >= 15 is 0 Å². The largest absolute Gasteiger partial charge is 0.467 e. The number of furan rings is 1. The zero-order valence-corrected chi connectivity index (χ0v) is 12.5. The molecule has 3 N–H and O–H groups in total. The first-order chi connectivity index (χ1) is 9.34. The Bertz CT molecular complexity index is 403. The van der Waals surface area contributed by atoms with Crippen LogP contribution in [0.15, 0.2) is 22.8 Å². The highest BCUT2D eigenvalue weighted by Crippen LogP contribution is 2.15. The van der Waals surface area contributed by atoms with E-state index in [1.165, 1.54) is 6.26 Å². The number of hydrogen-bond donors (Lipinski definition) is 3. The molecule has 1 aromatic rings. The van der Waals surface area contributed by atoms with Gasteiger partial charge in [0.1, 0.15) is 11.9 Å². The van der Waals surface area contributed by atoms with Crippen LogP contribution in [0.3, 0.4) is 0 Å². The molecule has 6 heteroatoms. The van der Waals surface area contributed by atoms with Gasteiger partial charge in [0.2, 0.25) is 0 Å². The molecule has 1 heterocycles. The minimum absolute atomic E-state index is 0.0364. The first kappa shape index (κ1) is 16.5. The molecule has 0 saturated carbocycles. The predicted octanol–water partition coefficient (Wildman–Crippen LogP) is 1.82. The van der Waals surface area contributed by atoms with E-state index in [4.69, 9.17) is 9.15 Å². The van der Waals surface area contributed by atoms with Gasteiger partial charge in [-0.05, 0) is 39.3 Å². The van der Waals surface area contributed by atoms with Gasteiger partial charge < -0.3 is 24.9 Å². The molecule has 0 aliphatic heterocycles. The van der Waals surface area contributed by atoms with Crippen LogP contribution in [0.4, 0.5) is 4.79 Å². The Hall–Kier alpha value is -1.53. The molecule has 0 spiro atoms. The zero-order valence-electron chi connectivity index (χ0n) is 12.5. The Morgan fingerprint density at radius 3 is 2.80 bits per heavy atom. The molecule has 0 aliphatic carbocycles. The van der Waals surface area contributed by atoms with Gasteiger partial charge in [0.25, 0.3) is 0 Å². The quantitative estimate of drug-likeness (QED) is 0.713. The third kappa shape index (κ3) is 5.63. The molecule has 0 aromatic carbocycles. The lowest BCUT2D eigenvalue weighted by atomic mass is 10.00. The molecule has 2 unspecified atom stereocenters. The van der Waals surface area contributed by atoms with Gasteiger partial charge in [0, 0.05) is 13.2 Å². The van der Waals surface area contributed by atoms with Crippen LogP contribution in [0.5, 0.6) is 0 Å². The number of methoxy groups -OCH3 is 1. The van der Waals surface area contributed by atoms with Gasteiger partial charge in [-0.1, -0.05) is 0 Å². The van der Waals surface area contributed by atoms with Crippen molar-refractivity contribution in [2.45, 2.75) is 44.9 Å². The number of amides is 2. The number of nitrogens with one attached hydrogen (secondary N) is 2. The van der Waals surface area contributed by atoms with Crippen molar-refractivity contribution in [3.05, 3.63) is 24.2 Å². The van der Waals surface area contributed by atoms with Crippen molar-refractivity contribution in [3.63, 3.8) is 0 Å². The van der Waals surface area contributed by atoms with Gasteiger partial charge in [-0.3, -0.25) is 0 Å². The van der Waals surface area contributed by atoms with Gasteiger partial charge in [0.05, 0.1) is 18.4 Å². The highest BCUT2D eigenvalue weighted by Gasteiger charge is 2.21. The number of aliphatic hydroxyl groups excluding tert-OH is 1. The Morgan fingerprint density at radius 2 is 2.25 bits per heavy atom. The lowest BCUT2D eigenvalue weighted by Crippen LogP contribution is -2.44. The van der Waals surface area contributed by atoms with Crippen LogP contribution in [0.2, 0.25) is 0 Å². The summed E-state index contributed by atoms with van der Waals surface area (Å²) < 4.78 is 10.4. The van der Waals surface area contributed by atoms with Crippen molar-refractivity contribution in [3.8, 4) is 0 Å². The van der Waals surface area contributed by atoms with E-state index in [9.17, 15) is 9.90 Å². The fourth-order valence-electron chi connectivity index (χ4n) is 1.92. The van der Waals surface area contributed by atoms with E-state index in [2.05, 4.69) is 10.6 Å². The predicted molar refractivity (Wildman–Crippen MR) is 75.4 cm³/mol. The van der Waals surface area contributed by atoms with Crippen molar-refractivity contribution < 1.29 is 19.1 Å². The van der Waals surface area contributed by atoms with Gasteiger partial charge in [-0.15, -0.1) is 0 Å². The second-order valence-electron chi connectivity index (χ2n) is 5.45. The molecule has 1 aromatic heterocycles. The van der Waals surface area contributed by atoms with Crippen molar-refractivity contribution in [1.82, 2.24) is 10.6 Å². The summed E-state index contributed by atoms with van der Waals surface area (Å²) >= 11 is 0. The fourth-order valence-corrected chi connectivity index (χ4v) is 1.92. The molecular formula is C14H24N2O4. The number of rotatable bonds is 7. The van der Waals surface area contributed by atoms with E-state index in [-0.39, 0.29) is 24.2 Å².